The third-order valence-electron chi connectivity index (χ3n) is 2.61. The summed E-state index contributed by atoms with van der Waals surface area (Å²) in [6.45, 7) is -0.107. The van der Waals surface area contributed by atoms with Crippen molar-refractivity contribution in [3.05, 3.63) is 66.7 Å². The molecule has 4 heteroatoms. The molecule has 0 aromatic heterocycles. The Hall–Kier alpha value is -2.23. The first kappa shape index (κ1) is 14.2. The van der Waals surface area contributed by atoms with Crippen LogP contribution in [0.15, 0.2) is 66.7 Å². The lowest BCUT2D eigenvalue weighted by Crippen LogP contribution is -2.02. The second kappa shape index (κ2) is 6.28. The van der Waals surface area contributed by atoms with Gasteiger partial charge in [0.2, 0.25) is 0 Å². The van der Waals surface area contributed by atoms with E-state index in [1.807, 2.05) is 42.5 Å². The Morgan fingerprint density at radius 3 is 2.05 bits per heavy atom. The predicted molar refractivity (Wildman–Crippen MR) is 72.6 cm³/mol. The summed E-state index contributed by atoms with van der Waals surface area (Å²) in [5.74, 6) is 0.538. The van der Waals surface area contributed by atoms with Crippen molar-refractivity contribution in [2.24, 2.45) is 0 Å². The Bertz CT molecular complexity index is 557. The number of halogens is 3. The van der Waals surface area contributed by atoms with Gasteiger partial charge in [0.25, 0.3) is 0 Å². The maximum absolute atomic E-state index is 11.9. The SMILES string of the molecule is FC(F)(F)/C=C/COc1ccc(-c2ccccc2)cc1. The number of ether oxygens (including phenoxy) is 1. The van der Waals surface area contributed by atoms with Crippen LogP contribution in [0.2, 0.25) is 0 Å². The fourth-order valence-electron chi connectivity index (χ4n) is 1.70. The molecule has 0 heterocycles. The van der Waals surface area contributed by atoms with E-state index in [1.165, 1.54) is 0 Å². The first-order valence-electron chi connectivity index (χ1n) is 6.07. The molecule has 1 nitrogen and oxygen atoms in total. The van der Waals surface area contributed by atoms with Gasteiger partial charge < -0.3 is 4.74 Å². The van der Waals surface area contributed by atoms with Crippen LogP contribution in [-0.4, -0.2) is 12.8 Å². The lowest BCUT2D eigenvalue weighted by atomic mass is 10.1. The van der Waals surface area contributed by atoms with Gasteiger partial charge in [-0.25, -0.2) is 0 Å². The lowest BCUT2D eigenvalue weighted by Gasteiger charge is -2.05. The molecule has 2 aromatic carbocycles. The Balaban J connectivity index is 1.94. The van der Waals surface area contributed by atoms with E-state index in [4.69, 9.17) is 4.74 Å². The molecule has 0 bridgehead atoms. The van der Waals surface area contributed by atoms with Gasteiger partial charge >= 0.3 is 6.18 Å². The van der Waals surface area contributed by atoms with Crippen LogP contribution in [0, 0.1) is 0 Å². The van der Waals surface area contributed by atoms with Crippen molar-refractivity contribution >= 4 is 0 Å². The Morgan fingerprint density at radius 2 is 1.45 bits per heavy atom. The molecule has 0 fully saturated rings. The summed E-state index contributed by atoms with van der Waals surface area (Å²) in [4.78, 5) is 0. The van der Waals surface area contributed by atoms with Crippen LogP contribution in [0.5, 0.6) is 5.75 Å². The second-order valence-electron chi connectivity index (χ2n) is 4.15. The third-order valence-corrected chi connectivity index (χ3v) is 2.61. The summed E-state index contributed by atoms with van der Waals surface area (Å²) in [6, 6.07) is 17.0. The molecule has 2 rings (SSSR count). The zero-order valence-corrected chi connectivity index (χ0v) is 10.6. The monoisotopic (exact) mass is 278 g/mol. The van der Waals surface area contributed by atoms with E-state index >= 15 is 0 Å². The highest BCUT2D eigenvalue weighted by Gasteiger charge is 2.21. The van der Waals surface area contributed by atoms with E-state index in [0.29, 0.717) is 5.75 Å². The average molecular weight is 278 g/mol. The van der Waals surface area contributed by atoms with E-state index < -0.39 is 6.18 Å². The van der Waals surface area contributed by atoms with Crippen molar-refractivity contribution in [3.63, 3.8) is 0 Å². The van der Waals surface area contributed by atoms with E-state index in [-0.39, 0.29) is 12.7 Å². The molecule has 0 N–H and O–H groups in total. The van der Waals surface area contributed by atoms with Crippen LogP contribution in [-0.2, 0) is 0 Å². The number of alkyl halides is 3. The lowest BCUT2D eigenvalue weighted by molar-refractivity contribution is -0.0801. The number of rotatable bonds is 4. The molecule has 20 heavy (non-hydrogen) atoms. The standard InChI is InChI=1S/C16H13F3O/c17-16(18,19)11-4-12-20-15-9-7-14(8-10-15)13-5-2-1-3-6-13/h1-11H,12H2/b11-4+. The highest BCUT2D eigenvalue weighted by Crippen LogP contribution is 2.22. The van der Waals surface area contributed by atoms with Gasteiger partial charge in [0.1, 0.15) is 12.4 Å². The van der Waals surface area contributed by atoms with Gasteiger partial charge in [0.05, 0.1) is 0 Å². The van der Waals surface area contributed by atoms with Crippen molar-refractivity contribution < 1.29 is 17.9 Å². The van der Waals surface area contributed by atoms with Crippen LogP contribution in [0.4, 0.5) is 13.2 Å². The number of benzene rings is 2. The first-order chi connectivity index (χ1) is 9.54. The quantitative estimate of drug-likeness (QED) is 0.726. The minimum Gasteiger partial charge on any atom is -0.490 e. The van der Waals surface area contributed by atoms with E-state index in [2.05, 4.69) is 0 Å². The van der Waals surface area contributed by atoms with Crippen LogP contribution < -0.4 is 4.74 Å². The highest BCUT2D eigenvalue weighted by molar-refractivity contribution is 5.63. The zero-order chi connectivity index (χ0) is 14.4. The van der Waals surface area contributed by atoms with Gasteiger partial charge in [0.15, 0.2) is 0 Å². The summed E-state index contributed by atoms with van der Waals surface area (Å²) in [5.41, 5.74) is 2.11. The van der Waals surface area contributed by atoms with Gasteiger partial charge in [-0.15, -0.1) is 0 Å². The van der Waals surface area contributed by atoms with Crippen LogP contribution >= 0.6 is 0 Å². The fourth-order valence-corrected chi connectivity index (χ4v) is 1.70. The summed E-state index contributed by atoms with van der Waals surface area (Å²) in [7, 11) is 0. The summed E-state index contributed by atoms with van der Waals surface area (Å²) >= 11 is 0. The molecule has 0 saturated carbocycles. The van der Waals surface area contributed by atoms with Gasteiger partial charge in [-0.1, -0.05) is 42.5 Å². The Labute approximate surface area is 115 Å². The van der Waals surface area contributed by atoms with E-state index in [1.54, 1.807) is 12.1 Å². The van der Waals surface area contributed by atoms with Gasteiger partial charge in [-0.05, 0) is 29.3 Å². The topological polar surface area (TPSA) is 9.23 Å². The molecule has 0 radical (unpaired) electrons. The first-order valence-corrected chi connectivity index (χ1v) is 6.07. The Kier molecular flexibility index (Phi) is 4.45. The summed E-state index contributed by atoms with van der Waals surface area (Å²) < 4.78 is 40.8. The molecule has 0 aliphatic heterocycles. The molecule has 0 amide bonds. The maximum Gasteiger partial charge on any atom is 0.409 e. The van der Waals surface area contributed by atoms with Crippen LogP contribution in [0.3, 0.4) is 0 Å². The fraction of sp³-hybridized carbons (Fsp3) is 0.125. The van der Waals surface area contributed by atoms with Crippen molar-refractivity contribution in [3.8, 4) is 16.9 Å². The molecular formula is C16H13F3O. The van der Waals surface area contributed by atoms with Crippen molar-refractivity contribution in [2.75, 3.05) is 6.61 Å². The average Bonchev–Trinajstić information content (AvgIpc) is 2.44. The number of hydrogen-bond donors (Lipinski definition) is 0. The minimum absolute atomic E-state index is 0.107. The van der Waals surface area contributed by atoms with Crippen LogP contribution in [0.1, 0.15) is 0 Å². The highest BCUT2D eigenvalue weighted by atomic mass is 19.4. The molecule has 0 unspecified atom stereocenters. The Morgan fingerprint density at radius 1 is 0.850 bits per heavy atom. The molecule has 104 valence electrons. The normalized spacial score (nSPS) is 11.8. The van der Waals surface area contributed by atoms with Crippen molar-refractivity contribution in [1.29, 1.82) is 0 Å². The molecule has 0 spiro atoms. The predicted octanol–water partition coefficient (Wildman–Crippen LogP) is 4.85. The minimum atomic E-state index is -4.29. The second-order valence-corrected chi connectivity index (χ2v) is 4.15. The summed E-state index contributed by atoms with van der Waals surface area (Å²) in [6.07, 6.45) is -3.17. The van der Waals surface area contributed by atoms with Crippen molar-refractivity contribution in [2.45, 2.75) is 6.18 Å². The van der Waals surface area contributed by atoms with Gasteiger partial charge in [0, 0.05) is 6.08 Å². The third kappa shape index (κ3) is 4.46. The van der Waals surface area contributed by atoms with Gasteiger partial charge in [-0.3, -0.25) is 0 Å². The van der Waals surface area contributed by atoms with Gasteiger partial charge in [-0.2, -0.15) is 13.2 Å². The molecular weight excluding hydrogens is 265 g/mol. The molecule has 0 aliphatic carbocycles. The number of allylic oxidation sites excluding steroid dienone is 1. The molecule has 0 saturated heterocycles. The van der Waals surface area contributed by atoms with Crippen LogP contribution in [0.25, 0.3) is 11.1 Å². The smallest absolute Gasteiger partial charge is 0.409 e. The number of hydrogen-bond acceptors (Lipinski definition) is 1. The zero-order valence-electron chi connectivity index (χ0n) is 10.6. The largest absolute Gasteiger partial charge is 0.490 e. The molecule has 2 aromatic rings. The van der Waals surface area contributed by atoms with Crippen molar-refractivity contribution in [1.82, 2.24) is 0 Å². The maximum atomic E-state index is 11.9. The van der Waals surface area contributed by atoms with E-state index in [9.17, 15) is 13.2 Å². The molecule has 0 atom stereocenters. The molecule has 0 aliphatic rings. The van der Waals surface area contributed by atoms with E-state index in [0.717, 1.165) is 17.2 Å². The summed E-state index contributed by atoms with van der Waals surface area (Å²) in [5, 5.41) is 0.